The first-order valence-corrected chi connectivity index (χ1v) is 7.76. The molecule has 0 aromatic carbocycles. The number of hydrogen-bond donors (Lipinski definition) is 1. The van der Waals surface area contributed by atoms with Gasteiger partial charge in [-0.2, -0.15) is 9.97 Å². The lowest BCUT2D eigenvalue weighted by atomic mass is 9.91. The lowest BCUT2D eigenvalue weighted by Crippen LogP contribution is -2.17. The number of aromatic nitrogens is 4. The fourth-order valence-corrected chi connectivity index (χ4v) is 3.12. The highest BCUT2D eigenvalue weighted by atomic mass is 16.5. The number of imidazole rings is 1. The summed E-state index contributed by atoms with van der Waals surface area (Å²) in [4.78, 5) is 15.1. The van der Waals surface area contributed by atoms with Crippen LogP contribution in [0.25, 0.3) is 11.2 Å². The molecule has 0 saturated carbocycles. The summed E-state index contributed by atoms with van der Waals surface area (Å²) in [5, 5.41) is 0. The molecule has 0 amide bonds. The molecule has 7 heteroatoms. The van der Waals surface area contributed by atoms with Gasteiger partial charge in [-0.05, 0) is 12.3 Å². The highest BCUT2D eigenvalue weighted by Crippen LogP contribution is 2.41. The Hall–Kier alpha value is -1.89. The minimum absolute atomic E-state index is 0.0609. The van der Waals surface area contributed by atoms with Crippen LogP contribution in [0, 0.1) is 11.8 Å². The Bertz CT molecular complexity index is 682. The van der Waals surface area contributed by atoms with Crippen molar-refractivity contribution in [1.29, 1.82) is 0 Å². The van der Waals surface area contributed by atoms with Crippen LogP contribution < -0.4 is 10.6 Å². The monoisotopic (exact) mass is 304 g/mol. The molecule has 0 unspecified atom stereocenters. The highest BCUT2D eigenvalue weighted by molar-refractivity contribution is 5.83. The van der Waals surface area contributed by atoms with E-state index in [9.17, 15) is 0 Å². The Morgan fingerprint density at radius 2 is 2.00 bits per heavy atom. The molecule has 1 aliphatic rings. The van der Waals surface area contributed by atoms with Gasteiger partial charge in [0.05, 0.1) is 12.4 Å². The van der Waals surface area contributed by atoms with Gasteiger partial charge in [0.1, 0.15) is 11.7 Å². The maximum atomic E-state index is 6.24. The molecule has 0 spiro atoms. The van der Waals surface area contributed by atoms with Crippen LogP contribution in [0.2, 0.25) is 0 Å². The van der Waals surface area contributed by atoms with E-state index in [1.54, 1.807) is 6.33 Å². The Labute approximate surface area is 130 Å². The summed E-state index contributed by atoms with van der Waals surface area (Å²) < 4.78 is 8.23. The van der Waals surface area contributed by atoms with Gasteiger partial charge in [-0.3, -0.25) is 4.57 Å². The van der Waals surface area contributed by atoms with Crippen molar-refractivity contribution in [2.24, 2.45) is 11.8 Å². The standard InChI is InChI=1S/C15H24N6O/c1-6-10-8(2)9(3)14(22-10)21-7-17-11-12(16)18-15(20(4)5)19-13(11)21/h7-10,14H,6H2,1-5H3,(H2,16,18,19)/t8-,9+,10+,14+/m0/s1. The van der Waals surface area contributed by atoms with Gasteiger partial charge in [-0.25, -0.2) is 4.98 Å². The maximum Gasteiger partial charge on any atom is 0.228 e. The molecule has 0 radical (unpaired) electrons. The Balaban J connectivity index is 2.08. The van der Waals surface area contributed by atoms with Crippen molar-refractivity contribution in [2.45, 2.75) is 39.5 Å². The molecule has 7 nitrogen and oxygen atoms in total. The van der Waals surface area contributed by atoms with E-state index in [4.69, 9.17) is 10.5 Å². The van der Waals surface area contributed by atoms with Gasteiger partial charge in [0.25, 0.3) is 0 Å². The second kappa shape index (κ2) is 5.39. The first kappa shape index (κ1) is 15.0. The predicted molar refractivity (Wildman–Crippen MR) is 86.6 cm³/mol. The predicted octanol–water partition coefficient (Wildman–Crippen LogP) is 2.05. The lowest BCUT2D eigenvalue weighted by Gasteiger charge is -2.18. The van der Waals surface area contributed by atoms with Crippen LogP contribution in [0.1, 0.15) is 33.4 Å². The van der Waals surface area contributed by atoms with Crippen molar-refractivity contribution in [3.8, 4) is 0 Å². The molecule has 3 rings (SSSR count). The van der Waals surface area contributed by atoms with Crippen molar-refractivity contribution in [2.75, 3.05) is 24.7 Å². The van der Waals surface area contributed by atoms with E-state index < -0.39 is 0 Å². The van der Waals surface area contributed by atoms with Crippen LogP contribution in [-0.2, 0) is 4.74 Å². The Morgan fingerprint density at radius 1 is 1.27 bits per heavy atom. The Morgan fingerprint density at radius 3 is 2.59 bits per heavy atom. The fraction of sp³-hybridized carbons (Fsp3) is 0.667. The molecule has 2 aromatic heterocycles. The van der Waals surface area contributed by atoms with Crippen LogP contribution in [0.3, 0.4) is 0 Å². The number of anilines is 2. The van der Waals surface area contributed by atoms with Gasteiger partial charge < -0.3 is 15.4 Å². The number of nitrogen functional groups attached to an aromatic ring is 1. The topological polar surface area (TPSA) is 82.1 Å². The van der Waals surface area contributed by atoms with Crippen LogP contribution in [0.15, 0.2) is 6.33 Å². The average Bonchev–Trinajstić information content (AvgIpc) is 3.02. The number of nitrogens with two attached hydrogens (primary N) is 1. The molecule has 1 fully saturated rings. The van der Waals surface area contributed by atoms with Crippen LogP contribution in [-0.4, -0.2) is 39.7 Å². The zero-order valence-corrected chi connectivity index (χ0v) is 13.8. The van der Waals surface area contributed by atoms with E-state index in [0.29, 0.717) is 29.1 Å². The molecule has 1 aliphatic heterocycles. The van der Waals surface area contributed by atoms with Gasteiger partial charge in [0.15, 0.2) is 11.5 Å². The number of ether oxygens (including phenoxy) is 1. The third kappa shape index (κ3) is 2.20. The zero-order chi connectivity index (χ0) is 16.0. The summed E-state index contributed by atoms with van der Waals surface area (Å²) in [5.41, 5.74) is 7.39. The smallest absolute Gasteiger partial charge is 0.228 e. The van der Waals surface area contributed by atoms with E-state index in [0.717, 1.165) is 12.1 Å². The second-order valence-corrected chi connectivity index (χ2v) is 6.32. The molecule has 4 atom stereocenters. The van der Waals surface area contributed by atoms with Crippen molar-refractivity contribution in [1.82, 2.24) is 19.5 Å². The van der Waals surface area contributed by atoms with Gasteiger partial charge in [0.2, 0.25) is 5.95 Å². The number of fused-ring (bicyclic) bond motifs is 1. The van der Waals surface area contributed by atoms with Crippen molar-refractivity contribution < 1.29 is 4.74 Å². The highest BCUT2D eigenvalue weighted by Gasteiger charge is 2.39. The molecule has 3 heterocycles. The molecule has 0 aliphatic carbocycles. The van der Waals surface area contributed by atoms with E-state index in [1.807, 2.05) is 23.6 Å². The van der Waals surface area contributed by atoms with Gasteiger partial charge in [-0.1, -0.05) is 20.8 Å². The molecule has 0 bridgehead atoms. The molecular formula is C15H24N6O. The SMILES string of the molecule is CC[C@H]1O[C@@H](n2cnc3c(N)nc(N(C)C)nc32)[C@H](C)[C@@H]1C. The average molecular weight is 304 g/mol. The first-order valence-electron chi connectivity index (χ1n) is 7.76. The fourth-order valence-electron chi connectivity index (χ4n) is 3.12. The molecule has 22 heavy (non-hydrogen) atoms. The molecule has 120 valence electrons. The van der Waals surface area contributed by atoms with Crippen LogP contribution in [0.4, 0.5) is 11.8 Å². The van der Waals surface area contributed by atoms with E-state index >= 15 is 0 Å². The summed E-state index contributed by atoms with van der Waals surface area (Å²) in [6.07, 6.45) is 2.98. The number of nitrogens with zero attached hydrogens (tertiary/aromatic N) is 5. The summed E-state index contributed by atoms with van der Waals surface area (Å²) in [6.45, 7) is 6.62. The maximum absolute atomic E-state index is 6.24. The van der Waals surface area contributed by atoms with E-state index in [2.05, 4.69) is 35.7 Å². The van der Waals surface area contributed by atoms with Gasteiger partial charge in [0, 0.05) is 20.0 Å². The second-order valence-electron chi connectivity index (χ2n) is 6.32. The molecule has 2 N–H and O–H groups in total. The molecule has 1 saturated heterocycles. The van der Waals surface area contributed by atoms with Crippen molar-refractivity contribution in [3.05, 3.63) is 6.33 Å². The summed E-state index contributed by atoms with van der Waals surface area (Å²) in [5.74, 6) is 1.87. The summed E-state index contributed by atoms with van der Waals surface area (Å²) >= 11 is 0. The summed E-state index contributed by atoms with van der Waals surface area (Å²) in [6, 6.07) is 0. The van der Waals surface area contributed by atoms with Gasteiger partial charge >= 0.3 is 0 Å². The van der Waals surface area contributed by atoms with Crippen LogP contribution >= 0.6 is 0 Å². The van der Waals surface area contributed by atoms with Crippen molar-refractivity contribution in [3.63, 3.8) is 0 Å². The minimum atomic E-state index is -0.0609. The molecular weight excluding hydrogens is 280 g/mol. The third-order valence-corrected chi connectivity index (χ3v) is 4.69. The number of hydrogen-bond acceptors (Lipinski definition) is 6. The van der Waals surface area contributed by atoms with Crippen molar-refractivity contribution >= 4 is 22.9 Å². The first-order chi connectivity index (χ1) is 10.4. The zero-order valence-electron chi connectivity index (χ0n) is 13.8. The lowest BCUT2D eigenvalue weighted by molar-refractivity contribution is -0.0120. The Kier molecular flexibility index (Phi) is 3.68. The largest absolute Gasteiger partial charge is 0.382 e. The molecule has 2 aromatic rings. The summed E-state index contributed by atoms with van der Waals surface area (Å²) in [7, 11) is 3.79. The van der Waals surface area contributed by atoms with Crippen LogP contribution in [0.5, 0.6) is 0 Å². The normalized spacial score (nSPS) is 28.4. The number of rotatable bonds is 3. The third-order valence-electron chi connectivity index (χ3n) is 4.69. The van der Waals surface area contributed by atoms with Gasteiger partial charge in [-0.15, -0.1) is 0 Å². The van der Waals surface area contributed by atoms with E-state index in [-0.39, 0.29) is 12.3 Å². The quantitative estimate of drug-likeness (QED) is 0.934. The van der Waals surface area contributed by atoms with E-state index in [1.165, 1.54) is 0 Å². The minimum Gasteiger partial charge on any atom is -0.382 e.